The molecule has 2 rings (SSSR count). The van der Waals surface area contributed by atoms with E-state index in [2.05, 4.69) is 15.4 Å². The second kappa shape index (κ2) is 5.48. The van der Waals surface area contributed by atoms with Crippen LogP contribution in [-0.4, -0.2) is 21.9 Å². The Morgan fingerprint density at radius 1 is 1.42 bits per heavy atom. The van der Waals surface area contributed by atoms with Crippen molar-refractivity contribution in [1.82, 2.24) is 14.8 Å². The number of pyridine rings is 1. The number of nitrogens with zero attached hydrogens (tertiary/aromatic N) is 3. The third kappa shape index (κ3) is 2.81. The van der Waals surface area contributed by atoms with Crippen LogP contribution in [0.15, 0.2) is 12.3 Å². The fourth-order valence-electron chi connectivity index (χ4n) is 2.00. The maximum absolute atomic E-state index is 6.06. The highest BCUT2D eigenvalue weighted by Gasteiger charge is 2.14. The fraction of sp³-hybridized carbons (Fsp3) is 0.385. The molecule has 1 N–H and O–H groups in total. The molecule has 2 heterocycles. The summed E-state index contributed by atoms with van der Waals surface area (Å²) in [6.07, 6.45) is 1.74. The minimum atomic E-state index is 0.464. The molecule has 2 aromatic rings. The van der Waals surface area contributed by atoms with Crippen molar-refractivity contribution < 1.29 is 4.74 Å². The fourth-order valence-corrected chi connectivity index (χ4v) is 2.17. The Bertz CT molecular complexity index is 595. The highest BCUT2D eigenvalue weighted by Crippen LogP contribution is 2.25. The number of aromatic nitrogens is 3. The van der Waals surface area contributed by atoms with Gasteiger partial charge in [-0.15, -0.1) is 0 Å². The van der Waals surface area contributed by atoms with Gasteiger partial charge in [-0.2, -0.15) is 5.10 Å². The predicted molar refractivity (Wildman–Crippen MR) is 75.8 cm³/mol. The second-order valence-electron chi connectivity index (χ2n) is 4.40. The zero-order chi connectivity index (χ0) is 14.0. The molecule has 0 atom stereocenters. The molecule has 0 fully saturated rings. The molecule has 0 aromatic carbocycles. The lowest BCUT2D eigenvalue weighted by molar-refractivity contribution is 0.370. The average molecular weight is 281 g/mol. The van der Waals surface area contributed by atoms with E-state index >= 15 is 0 Å². The lowest BCUT2D eigenvalue weighted by Crippen LogP contribution is -2.04. The Morgan fingerprint density at radius 2 is 2.16 bits per heavy atom. The van der Waals surface area contributed by atoms with Crippen LogP contribution in [0.25, 0.3) is 0 Å². The molecule has 0 aliphatic heterocycles. The van der Waals surface area contributed by atoms with Crippen LogP contribution in [0.2, 0.25) is 5.15 Å². The van der Waals surface area contributed by atoms with Crippen molar-refractivity contribution in [3.8, 4) is 5.88 Å². The third-order valence-electron chi connectivity index (χ3n) is 2.91. The number of nitrogens with one attached hydrogen (secondary N) is 1. The maximum atomic E-state index is 6.06. The standard InChI is InChI=1S/C13H17ClN4O/c1-8-5-11(12(14)16-6-8)15-7-10-9(2)17-18(3)13(10)19-4/h5-6,15H,7H2,1-4H3. The quantitative estimate of drug-likeness (QED) is 0.875. The van der Waals surface area contributed by atoms with E-state index in [1.807, 2.05) is 27.0 Å². The normalized spacial score (nSPS) is 10.6. The summed E-state index contributed by atoms with van der Waals surface area (Å²) in [4.78, 5) is 4.11. The van der Waals surface area contributed by atoms with Crippen LogP contribution in [0.5, 0.6) is 5.88 Å². The summed E-state index contributed by atoms with van der Waals surface area (Å²) < 4.78 is 7.08. The van der Waals surface area contributed by atoms with Crippen molar-refractivity contribution in [2.45, 2.75) is 20.4 Å². The summed E-state index contributed by atoms with van der Waals surface area (Å²) in [6.45, 7) is 4.52. The van der Waals surface area contributed by atoms with Crippen LogP contribution in [0.4, 0.5) is 5.69 Å². The lowest BCUT2D eigenvalue weighted by atomic mass is 10.2. The number of ether oxygens (including phenoxy) is 1. The molecule has 5 nitrogen and oxygen atoms in total. The molecule has 6 heteroatoms. The van der Waals surface area contributed by atoms with E-state index in [1.165, 1.54) is 0 Å². The first-order valence-electron chi connectivity index (χ1n) is 5.95. The van der Waals surface area contributed by atoms with Crippen LogP contribution >= 0.6 is 11.6 Å². The van der Waals surface area contributed by atoms with E-state index in [9.17, 15) is 0 Å². The third-order valence-corrected chi connectivity index (χ3v) is 3.21. The van der Waals surface area contributed by atoms with Crippen molar-refractivity contribution in [3.05, 3.63) is 34.2 Å². The van der Waals surface area contributed by atoms with Gasteiger partial charge in [-0.1, -0.05) is 11.6 Å². The molecular weight excluding hydrogens is 264 g/mol. The van der Waals surface area contributed by atoms with Gasteiger partial charge >= 0.3 is 0 Å². The maximum Gasteiger partial charge on any atom is 0.216 e. The van der Waals surface area contributed by atoms with Crippen molar-refractivity contribution in [2.75, 3.05) is 12.4 Å². The van der Waals surface area contributed by atoms with Gasteiger partial charge in [0.1, 0.15) is 0 Å². The molecule has 0 bridgehead atoms. The van der Waals surface area contributed by atoms with E-state index in [-0.39, 0.29) is 0 Å². The molecular formula is C13H17ClN4O. The van der Waals surface area contributed by atoms with Gasteiger partial charge in [-0.05, 0) is 25.5 Å². The van der Waals surface area contributed by atoms with E-state index in [0.717, 1.165) is 28.4 Å². The van der Waals surface area contributed by atoms with Gasteiger partial charge in [0, 0.05) is 19.8 Å². The van der Waals surface area contributed by atoms with Gasteiger partial charge in [0.15, 0.2) is 5.15 Å². The molecule has 0 unspecified atom stereocenters. The van der Waals surface area contributed by atoms with E-state index in [1.54, 1.807) is 18.0 Å². The number of anilines is 1. The number of rotatable bonds is 4. The number of aryl methyl sites for hydroxylation is 3. The van der Waals surface area contributed by atoms with Gasteiger partial charge in [0.2, 0.25) is 5.88 Å². The molecule has 0 aliphatic carbocycles. The van der Waals surface area contributed by atoms with E-state index in [4.69, 9.17) is 16.3 Å². The Labute approximate surface area is 117 Å². The Kier molecular flexibility index (Phi) is 3.95. The van der Waals surface area contributed by atoms with E-state index < -0.39 is 0 Å². The topological polar surface area (TPSA) is 52.0 Å². The van der Waals surface area contributed by atoms with Crippen molar-refractivity contribution >= 4 is 17.3 Å². The zero-order valence-corrected chi connectivity index (χ0v) is 12.2. The van der Waals surface area contributed by atoms with E-state index in [0.29, 0.717) is 11.7 Å². The highest BCUT2D eigenvalue weighted by atomic mass is 35.5. The Morgan fingerprint density at radius 3 is 2.84 bits per heavy atom. The van der Waals surface area contributed by atoms with Crippen molar-refractivity contribution in [2.24, 2.45) is 7.05 Å². The largest absolute Gasteiger partial charge is 0.481 e. The molecule has 0 aliphatic rings. The SMILES string of the molecule is COc1c(CNc2cc(C)cnc2Cl)c(C)nn1C. The number of hydrogen-bond donors (Lipinski definition) is 1. The van der Waals surface area contributed by atoms with Gasteiger partial charge in [-0.25, -0.2) is 9.67 Å². The monoisotopic (exact) mass is 280 g/mol. The summed E-state index contributed by atoms with van der Waals surface area (Å²) in [7, 11) is 3.50. The first kappa shape index (κ1) is 13.7. The summed E-state index contributed by atoms with van der Waals surface area (Å²) in [5.74, 6) is 0.752. The van der Waals surface area contributed by atoms with Crippen LogP contribution in [0.3, 0.4) is 0 Å². The molecule has 0 radical (unpaired) electrons. The van der Waals surface area contributed by atoms with Gasteiger partial charge < -0.3 is 10.1 Å². The molecule has 0 spiro atoms. The zero-order valence-electron chi connectivity index (χ0n) is 11.5. The van der Waals surface area contributed by atoms with Crippen LogP contribution < -0.4 is 10.1 Å². The predicted octanol–water partition coefficient (Wildman–Crippen LogP) is 2.71. The molecule has 0 saturated carbocycles. The number of hydrogen-bond acceptors (Lipinski definition) is 4. The Hall–Kier alpha value is -1.75. The van der Waals surface area contributed by atoms with Crippen molar-refractivity contribution in [3.63, 3.8) is 0 Å². The molecule has 2 aromatic heterocycles. The summed E-state index contributed by atoms with van der Waals surface area (Å²) >= 11 is 6.06. The number of methoxy groups -OCH3 is 1. The number of halogens is 1. The van der Waals surface area contributed by atoms with Gasteiger partial charge in [0.05, 0.1) is 24.1 Å². The molecule has 102 valence electrons. The summed E-state index contributed by atoms with van der Waals surface area (Å²) in [5.41, 5.74) is 3.82. The van der Waals surface area contributed by atoms with Crippen molar-refractivity contribution in [1.29, 1.82) is 0 Å². The average Bonchev–Trinajstić information content (AvgIpc) is 2.64. The summed E-state index contributed by atoms with van der Waals surface area (Å²) in [5, 5.41) is 8.07. The van der Waals surface area contributed by atoms with Crippen LogP contribution in [-0.2, 0) is 13.6 Å². The van der Waals surface area contributed by atoms with Gasteiger partial charge in [0.25, 0.3) is 0 Å². The first-order chi connectivity index (χ1) is 9.02. The second-order valence-corrected chi connectivity index (χ2v) is 4.76. The minimum absolute atomic E-state index is 0.464. The highest BCUT2D eigenvalue weighted by molar-refractivity contribution is 6.31. The van der Waals surface area contributed by atoms with Crippen LogP contribution in [0, 0.1) is 13.8 Å². The molecule has 0 amide bonds. The summed E-state index contributed by atoms with van der Waals surface area (Å²) in [6, 6.07) is 1.97. The smallest absolute Gasteiger partial charge is 0.216 e. The minimum Gasteiger partial charge on any atom is -0.481 e. The Balaban J connectivity index is 2.21. The molecule has 0 saturated heterocycles. The van der Waals surface area contributed by atoms with Crippen LogP contribution in [0.1, 0.15) is 16.8 Å². The molecule has 19 heavy (non-hydrogen) atoms. The lowest BCUT2D eigenvalue weighted by Gasteiger charge is -2.09. The first-order valence-corrected chi connectivity index (χ1v) is 6.33. The van der Waals surface area contributed by atoms with Gasteiger partial charge in [-0.3, -0.25) is 0 Å².